The summed E-state index contributed by atoms with van der Waals surface area (Å²) >= 11 is 0. The van der Waals surface area contributed by atoms with Crippen molar-refractivity contribution in [2.75, 3.05) is 33.9 Å². The number of benzene rings is 1. The molecule has 1 aromatic carbocycles. The number of nitrogens with zero attached hydrogens (tertiary/aromatic N) is 1. The first-order valence-electron chi connectivity index (χ1n) is 7.23. The van der Waals surface area contributed by atoms with Crippen molar-refractivity contribution in [2.45, 2.75) is 20.1 Å². The molecule has 0 aliphatic rings. The number of nitrogens with one attached hydrogen (secondary N) is 2. The summed E-state index contributed by atoms with van der Waals surface area (Å²) in [7, 11) is 3.02. The summed E-state index contributed by atoms with van der Waals surface area (Å²) in [6.07, 6.45) is 0. The Labute approximate surface area is 158 Å². The molecule has 0 atom stereocenters. The third-order valence-corrected chi connectivity index (χ3v) is 2.81. The van der Waals surface area contributed by atoms with Crippen LogP contribution in [-0.2, 0) is 11.3 Å². The van der Waals surface area contributed by atoms with Crippen molar-refractivity contribution in [1.82, 2.24) is 10.6 Å². The Morgan fingerprint density at radius 2 is 1.96 bits per heavy atom. The van der Waals surface area contributed by atoms with Crippen molar-refractivity contribution in [1.29, 1.82) is 0 Å². The molecule has 1 aromatic rings. The molecule has 6 nitrogen and oxygen atoms in total. The van der Waals surface area contributed by atoms with Gasteiger partial charge in [-0.3, -0.25) is 0 Å². The zero-order valence-corrected chi connectivity index (χ0v) is 16.3. The van der Waals surface area contributed by atoms with Gasteiger partial charge in [-0.2, -0.15) is 8.78 Å². The molecule has 2 N–H and O–H groups in total. The molecule has 0 fully saturated rings. The Morgan fingerprint density at radius 1 is 1.21 bits per heavy atom. The lowest BCUT2D eigenvalue weighted by Gasteiger charge is -2.12. The highest BCUT2D eigenvalue weighted by molar-refractivity contribution is 14.0. The molecule has 24 heavy (non-hydrogen) atoms. The van der Waals surface area contributed by atoms with Crippen LogP contribution in [-0.4, -0.2) is 46.5 Å². The van der Waals surface area contributed by atoms with Crippen molar-refractivity contribution >= 4 is 29.9 Å². The lowest BCUT2D eigenvalue weighted by atomic mass is 10.2. The number of guanidine groups is 1. The van der Waals surface area contributed by atoms with E-state index in [-0.39, 0.29) is 35.5 Å². The van der Waals surface area contributed by atoms with Gasteiger partial charge in [0.2, 0.25) is 0 Å². The highest BCUT2D eigenvalue weighted by Crippen LogP contribution is 2.29. The van der Waals surface area contributed by atoms with E-state index in [2.05, 4.69) is 20.4 Å². The minimum atomic E-state index is -2.91. The van der Waals surface area contributed by atoms with E-state index in [9.17, 15) is 8.78 Å². The SMILES string of the molecule is CCNC(=NCc1ccc(OC)c(OC(F)F)c1)NCCOC.I. The minimum Gasteiger partial charge on any atom is -0.493 e. The lowest BCUT2D eigenvalue weighted by molar-refractivity contribution is -0.0512. The van der Waals surface area contributed by atoms with Crippen molar-refractivity contribution < 1.29 is 23.0 Å². The molecule has 138 valence electrons. The molecule has 0 saturated heterocycles. The molecule has 0 radical (unpaired) electrons. The van der Waals surface area contributed by atoms with Crippen LogP contribution in [0.15, 0.2) is 23.2 Å². The molecule has 0 unspecified atom stereocenters. The third-order valence-electron chi connectivity index (χ3n) is 2.81. The van der Waals surface area contributed by atoms with E-state index in [1.54, 1.807) is 19.2 Å². The van der Waals surface area contributed by atoms with Gasteiger partial charge in [-0.1, -0.05) is 6.07 Å². The Balaban J connectivity index is 0.00000529. The number of rotatable bonds is 9. The van der Waals surface area contributed by atoms with Gasteiger partial charge < -0.3 is 24.8 Å². The number of methoxy groups -OCH3 is 2. The zero-order valence-electron chi connectivity index (χ0n) is 14.0. The molecule has 0 aliphatic heterocycles. The maximum atomic E-state index is 12.4. The molecule has 1 rings (SSSR count). The van der Waals surface area contributed by atoms with Gasteiger partial charge in [-0.25, -0.2) is 4.99 Å². The molecule has 0 aliphatic carbocycles. The first kappa shape index (κ1) is 22.6. The third kappa shape index (κ3) is 8.48. The number of hydrogen-bond acceptors (Lipinski definition) is 4. The predicted octanol–water partition coefficient (Wildman–Crippen LogP) is 2.62. The van der Waals surface area contributed by atoms with Crippen LogP contribution >= 0.6 is 24.0 Å². The standard InChI is InChI=1S/C15H23F2N3O3.HI/c1-4-18-15(19-7-8-21-2)20-10-11-5-6-12(22-3)13(9-11)23-14(16)17;/h5-6,9,14H,4,7-8,10H2,1-3H3,(H2,18,19,20);1H. The van der Waals surface area contributed by atoms with E-state index in [0.717, 1.165) is 5.56 Å². The highest BCUT2D eigenvalue weighted by atomic mass is 127. The van der Waals surface area contributed by atoms with Crippen molar-refractivity contribution in [3.05, 3.63) is 23.8 Å². The summed E-state index contributed by atoms with van der Waals surface area (Å²) < 4.78 is 39.3. The van der Waals surface area contributed by atoms with E-state index < -0.39 is 6.61 Å². The summed E-state index contributed by atoms with van der Waals surface area (Å²) in [4.78, 5) is 4.39. The van der Waals surface area contributed by atoms with Crippen LogP contribution in [0.4, 0.5) is 8.78 Å². The Morgan fingerprint density at radius 3 is 2.54 bits per heavy atom. The van der Waals surface area contributed by atoms with Crippen LogP contribution in [0.5, 0.6) is 11.5 Å². The van der Waals surface area contributed by atoms with Gasteiger partial charge in [0.1, 0.15) is 0 Å². The molecule has 0 bridgehead atoms. The Hall–Kier alpha value is -1.36. The van der Waals surface area contributed by atoms with Crippen molar-refractivity contribution in [3.8, 4) is 11.5 Å². The van der Waals surface area contributed by atoms with E-state index in [4.69, 9.17) is 9.47 Å². The highest BCUT2D eigenvalue weighted by Gasteiger charge is 2.11. The van der Waals surface area contributed by atoms with E-state index >= 15 is 0 Å². The second kappa shape index (κ2) is 13.0. The molecule has 0 aromatic heterocycles. The van der Waals surface area contributed by atoms with Gasteiger partial charge >= 0.3 is 6.61 Å². The Kier molecular flexibility index (Phi) is 12.3. The first-order valence-corrected chi connectivity index (χ1v) is 7.23. The molecular weight excluding hydrogens is 435 g/mol. The van der Waals surface area contributed by atoms with Crippen LogP contribution in [0.1, 0.15) is 12.5 Å². The quantitative estimate of drug-likeness (QED) is 0.257. The van der Waals surface area contributed by atoms with Gasteiger partial charge in [0.25, 0.3) is 0 Å². The van der Waals surface area contributed by atoms with Gasteiger partial charge in [0, 0.05) is 20.2 Å². The molecule has 0 saturated carbocycles. The van der Waals surface area contributed by atoms with Gasteiger partial charge in [-0.15, -0.1) is 24.0 Å². The molecular formula is C15H24F2IN3O3. The summed E-state index contributed by atoms with van der Waals surface area (Å²) in [5.74, 6) is 0.868. The Bertz CT molecular complexity index is 505. The van der Waals surface area contributed by atoms with Crippen molar-refractivity contribution in [3.63, 3.8) is 0 Å². The minimum absolute atomic E-state index is 0. The maximum absolute atomic E-state index is 12.4. The number of hydrogen-bond donors (Lipinski definition) is 2. The summed E-state index contributed by atoms with van der Waals surface area (Å²) in [5.41, 5.74) is 0.727. The number of aliphatic imine (C=N–C) groups is 1. The van der Waals surface area contributed by atoms with Crippen LogP contribution in [0, 0.1) is 0 Å². The monoisotopic (exact) mass is 459 g/mol. The predicted molar refractivity (Wildman–Crippen MR) is 99.7 cm³/mol. The number of alkyl halides is 2. The average molecular weight is 459 g/mol. The summed E-state index contributed by atoms with van der Waals surface area (Å²) in [6.45, 7) is 1.24. The topological polar surface area (TPSA) is 64.1 Å². The van der Waals surface area contributed by atoms with E-state index in [1.807, 2.05) is 6.92 Å². The largest absolute Gasteiger partial charge is 0.493 e. The smallest absolute Gasteiger partial charge is 0.387 e. The van der Waals surface area contributed by atoms with Gasteiger partial charge in [-0.05, 0) is 24.6 Å². The average Bonchev–Trinajstić information content (AvgIpc) is 2.52. The second-order valence-corrected chi connectivity index (χ2v) is 4.48. The number of ether oxygens (including phenoxy) is 3. The van der Waals surface area contributed by atoms with Gasteiger partial charge in [0.05, 0.1) is 20.3 Å². The van der Waals surface area contributed by atoms with Crippen LogP contribution in [0.2, 0.25) is 0 Å². The van der Waals surface area contributed by atoms with Crippen LogP contribution in [0.25, 0.3) is 0 Å². The summed E-state index contributed by atoms with van der Waals surface area (Å²) in [5, 5.41) is 6.19. The van der Waals surface area contributed by atoms with E-state index in [1.165, 1.54) is 13.2 Å². The number of halogens is 3. The van der Waals surface area contributed by atoms with Gasteiger partial charge in [0.15, 0.2) is 17.5 Å². The first-order chi connectivity index (χ1) is 11.1. The lowest BCUT2D eigenvalue weighted by Crippen LogP contribution is -2.38. The maximum Gasteiger partial charge on any atom is 0.387 e. The van der Waals surface area contributed by atoms with Crippen molar-refractivity contribution in [2.24, 2.45) is 4.99 Å². The normalized spacial score (nSPS) is 11.0. The summed E-state index contributed by atoms with van der Waals surface area (Å²) in [6, 6.07) is 4.82. The second-order valence-electron chi connectivity index (χ2n) is 4.48. The molecule has 9 heteroatoms. The molecule has 0 amide bonds. The fourth-order valence-corrected chi connectivity index (χ4v) is 1.79. The fraction of sp³-hybridized carbons (Fsp3) is 0.533. The molecule has 0 spiro atoms. The fourth-order valence-electron chi connectivity index (χ4n) is 1.79. The van der Waals surface area contributed by atoms with E-state index in [0.29, 0.717) is 32.2 Å². The molecule has 0 heterocycles. The van der Waals surface area contributed by atoms with Crippen LogP contribution in [0.3, 0.4) is 0 Å². The van der Waals surface area contributed by atoms with Crippen LogP contribution < -0.4 is 20.1 Å². The zero-order chi connectivity index (χ0) is 17.1.